The fourth-order valence-electron chi connectivity index (χ4n) is 10.2. The van der Waals surface area contributed by atoms with Gasteiger partial charge < -0.3 is 9.88 Å². The number of aromatic nitrogens is 2. The van der Waals surface area contributed by atoms with E-state index in [9.17, 15) is 0 Å². The molecule has 0 amide bonds. The lowest BCUT2D eigenvalue weighted by atomic mass is 9.78. The van der Waals surface area contributed by atoms with Gasteiger partial charge in [0.2, 0.25) is 5.96 Å². The van der Waals surface area contributed by atoms with E-state index < -0.39 is 0 Å². The number of rotatable bonds is 5. The summed E-state index contributed by atoms with van der Waals surface area (Å²) in [5.74, 6) is 0.865. The molecule has 3 heterocycles. The Bertz CT molecular complexity index is 3350. The largest absolute Gasteiger partial charge is 0.348 e. The number of nitrogens with zero attached hydrogens (tertiary/aromatic N) is 3. The molecule has 3 aliphatic rings. The van der Waals surface area contributed by atoms with Crippen molar-refractivity contribution in [1.29, 1.82) is 0 Å². The van der Waals surface area contributed by atoms with Gasteiger partial charge in [0.15, 0.2) is 0 Å². The number of hydrogen-bond acceptors (Lipinski definition) is 2. The van der Waals surface area contributed by atoms with Crippen molar-refractivity contribution < 1.29 is 0 Å². The Balaban J connectivity index is 1.14. The molecule has 6 aromatic carbocycles. The van der Waals surface area contributed by atoms with Crippen LogP contribution in [0.1, 0.15) is 44.2 Å². The van der Waals surface area contributed by atoms with Crippen molar-refractivity contribution in [2.75, 3.05) is 0 Å². The van der Waals surface area contributed by atoms with Crippen molar-refractivity contribution in [2.24, 2.45) is 4.99 Å². The Kier molecular flexibility index (Phi) is 8.78. The van der Waals surface area contributed by atoms with E-state index in [2.05, 4.69) is 193 Å². The molecule has 1 atom stereocenters. The van der Waals surface area contributed by atoms with Gasteiger partial charge in [-0.05, 0) is 100 Å². The van der Waals surface area contributed by atoms with E-state index in [0.29, 0.717) is 0 Å². The number of fused-ring (bicyclic) bond motifs is 10. The molecule has 0 radical (unpaired) electrons. The number of hydrogen-bond donors (Lipinski definition) is 1. The van der Waals surface area contributed by atoms with E-state index >= 15 is 0 Å². The van der Waals surface area contributed by atoms with Crippen molar-refractivity contribution in [1.82, 2.24) is 14.5 Å². The molecule has 4 nitrogen and oxygen atoms in total. The molecule has 296 valence electrons. The average molecular weight is 789 g/mol. The van der Waals surface area contributed by atoms with Crippen LogP contribution >= 0.6 is 0 Å². The molecule has 61 heavy (non-hydrogen) atoms. The summed E-state index contributed by atoms with van der Waals surface area (Å²) in [4.78, 5) is 5.69. The number of para-hydroxylation sites is 2. The number of nitrogens with one attached hydrogen (secondary N) is 1. The predicted molar refractivity (Wildman–Crippen MR) is 260 cm³/mol. The second-order valence-corrected chi connectivity index (χ2v) is 17.3. The zero-order valence-corrected chi connectivity index (χ0v) is 34.8. The molecule has 0 saturated heterocycles. The third-order valence-corrected chi connectivity index (χ3v) is 13.2. The van der Waals surface area contributed by atoms with Gasteiger partial charge in [-0.15, -0.1) is 0 Å². The first-order valence-electron chi connectivity index (χ1n) is 21.6. The summed E-state index contributed by atoms with van der Waals surface area (Å²) in [5, 5.41) is 11.3. The summed E-state index contributed by atoms with van der Waals surface area (Å²) >= 11 is 0. The van der Waals surface area contributed by atoms with Crippen LogP contribution in [0.2, 0.25) is 0 Å². The molecule has 0 saturated carbocycles. The van der Waals surface area contributed by atoms with E-state index in [1.54, 1.807) is 6.08 Å². The van der Waals surface area contributed by atoms with Gasteiger partial charge in [-0.25, -0.2) is 4.99 Å². The topological polar surface area (TPSA) is 34.2 Å². The molecule has 0 spiro atoms. The van der Waals surface area contributed by atoms with Crippen molar-refractivity contribution in [2.45, 2.75) is 51.0 Å². The van der Waals surface area contributed by atoms with Crippen molar-refractivity contribution in [3.63, 3.8) is 0 Å². The van der Waals surface area contributed by atoms with Gasteiger partial charge in [0.1, 0.15) is 0 Å². The van der Waals surface area contributed by atoms with E-state index in [0.717, 1.165) is 70.7 Å². The van der Waals surface area contributed by atoms with Crippen molar-refractivity contribution >= 4 is 66.0 Å². The van der Waals surface area contributed by atoms with Crippen LogP contribution in [-0.2, 0) is 11.8 Å². The third-order valence-electron chi connectivity index (χ3n) is 13.2. The summed E-state index contributed by atoms with van der Waals surface area (Å²) in [6.07, 6.45) is 21.3. The monoisotopic (exact) mass is 788 g/mol. The van der Waals surface area contributed by atoms with Gasteiger partial charge >= 0.3 is 0 Å². The van der Waals surface area contributed by atoms with Crippen LogP contribution in [0.5, 0.6) is 0 Å². The summed E-state index contributed by atoms with van der Waals surface area (Å²) in [5.41, 5.74) is 14.0. The standard InChI is InChI=1S/C57H48N4/c1-5-6-18-37(2)60-50-29-15-11-23-42(50)43-32-31-40(35-52(43)60)47-36-53-54(44-24-9-8-22-41(44)47)46-26-12-16-30-51(46)61(53)56-58-49-28-14-10-25-45(49)55(59-56)39-21-17-20-38-19-7-13-27-48(38)57(3,4)34-33-39/h5-13,15-19,21-27,29-33,35-36,49H,1-2,14,20,28,34H2,3-4H3,(H,58,59)/b18-6-,21-17-,39-33+. The zero-order chi connectivity index (χ0) is 41.2. The first kappa shape index (κ1) is 36.9. The fraction of sp³-hybridized carbons (Fsp3) is 0.140. The maximum Gasteiger partial charge on any atom is 0.209 e. The lowest BCUT2D eigenvalue weighted by Crippen LogP contribution is -2.43. The van der Waals surface area contributed by atoms with E-state index in [1.165, 1.54) is 60.2 Å². The van der Waals surface area contributed by atoms with Crippen LogP contribution in [0.4, 0.5) is 0 Å². The van der Waals surface area contributed by atoms with Crippen molar-refractivity contribution in [3.05, 3.63) is 211 Å². The van der Waals surface area contributed by atoms with Crippen LogP contribution in [0.3, 0.4) is 0 Å². The molecular formula is C57H48N4. The summed E-state index contributed by atoms with van der Waals surface area (Å²) in [7, 11) is 0. The second kappa shape index (κ2) is 14.5. The molecule has 1 unspecified atom stereocenters. The summed E-state index contributed by atoms with van der Waals surface area (Å²) in [6, 6.07) is 44.7. The van der Waals surface area contributed by atoms with Crippen molar-refractivity contribution in [3.8, 4) is 11.1 Å². The molecule has 0 bridgehead atoms. The minimum Gasteiger partial charge on any atom is -0.348 e. The zero-order valence-electron chi connectivity index (χ0n) is 34.8. The van der Waals surface area contributed by atoms with Gasteiger partial charge in [0.05, 0.1) is 33.8 Å². The summed E-state index contributed by atoms with van der Waals surface area (Å²) < 4.78 is 4.67. The highest BCUT2D eigenvalue weighted by Gasteiger charge is 2.30. The highest BCUT2D eigenvalue weighted by molar-refractivity contribution is 6.26. The Morgan fingerprint density at radius 3 is 2.34 bits per heavy atom. The molecular weight excluding hydrogens is 741 g/mol. The number of allylic oxidation sites excluding steroid dienone is 8. The van der Waals surface area contributed by atoms with Gasteiger partial charge in [-0.3, -0.25) is 4.57 Å². The van der Waals surface area contributed by atoms with E-state index in [1.807, 2.05) is 12.2 Å². The van der Waals surface area contributed by atoms with Crippen LogP contribution in [0.15, 0.2) is 205 Å². The second-order valence-electron chi connectivity index (χ2n) is 17.3. The first-order chi connectivity index (χ1) is 29.9. The van der Waals surface area contributed by atoms with Crippen LogP contribution in [-0.4, -0.2) is 21.1 Å². The Morgan fingerprint density at radius 1 is 0.754 bits per heavy atom. The lowest BCUT2D eigenvalue weighted by Gasteiger charge is -2.31. The molecule has 11 rings (SSSR count). The minimum absolute atomic E-state index is 0.0163. The quantitative estimate of drug-likeness (QED) is 0.173. The number of aliphatic imine (C=N–C) groups is 1. The molecule has 8 aromatic rings. The highest BCUT2D eigenvalue weighted by atomic mass is 15.2. The molecule has 1 N–H and O–H groups in total. The van der Waals surface area contributed by atoms with Gasteiger partial charge in [0, 0.05) is 32.8 Å². The maximum atomic E-state index is 5.69. The number of benzene rings is 6. The molecule has 0 fully saturated rings. The van der Waals surface area contributed by atoms with Gasteiger partial charge in [-0.1, -0.05) is 167 Å². The average Bonchev–Trinajstić information content (AvgIpc) is 3.83. The maximum absolute atomic E-state index is 5.69. The molecule has 4 heteroatoms. The van der Waals surface area contributed by atoms with Crippen LogP contribution in [0, 0.1) is 0 Å². The molecule has 2 aromatic heterocycles. The fourth-order valence-corrected chi connectivity index (χ4v) is 10.2. The Morgan fingerprint density at radius 2 is 1.49 bits per heavy atom. The SMILES string of the molecule is C=C/C=C\C(=C)n1c2ccccc2c2ccc(-c3cc4c(c5ccccc35)c3ccccc3n4C3=NC(C4=C/CC(C)(C)c5ccccc5C/C=C\4)=C4C=CCCC4N3)cc21. The van der Waals surface area contributed by atoms with Crippen LogP contribution < -0.4 is 5.32 Å². The van der Waals surface area contributed by atoms with Gasteiger partial charge in [-0.2, -0.15) is 0 Å². The lowest BCUT2D eigenvalue weighted by molar-refractivity contribution is 0.529. The summed E-state index contributed by atoms with van der Waals surface area (Å²) in [6.45, 7) is 13.2. The predicted octanol–water partition coefficient (Wildman–Crippen LogP) is 14.1. The molecule has 1 aliphatic heterocycles. The first-order valence-corrected chi connectivity index (χ1v) is 21.6. The highest BCUT2D eigenvalue weighted by Crippen LogP contribution is 2.43. The third kappa shape index (κ3) is 6.00. The van der Waals surface area contributed by atoms with E-state index in [-0.39, 0.29) is 11.5 Å². The smallest absolute Gasteiger partial charge is 0.209 e. The minimum atomic E-state index is -0.0163. The van der Waals surface area contributed by atoms with Gasteiger partial charge in [0.25, 0.3) is 0 Å². The van der Waals surface area contributed by atoms with Crippen LogP contribution in [0.25, 0.3) is 71.2 Å². The normalized spacial score (nSPS) is 19.0. The Labute approximate surface area is 357 Å². The molecule has 2 aliphatic carbocycles. The van der Waals surface area contributed by atoms with E-state index in [4.69, 9.17) is 4.99 Å². The Hall–Kier alpha value is -7.17.